The molecule has 94 valence electrons. The minimum atomic E-state index is -0.215. The summed E-state index contributed by atoms with van der Waals surface area (Å²) in [6.07, 6.45) is 1.51. The Morgan fingerprint density at radius 2 is 2.17 bits per heavy atom. The third kappa shape index (κ3) is 2.53. The highest BCUT2D eigenvalue weighted by atomic mass is 16.3. The Morgan fingerprint density at radius 3 is 2.78 bits per heavy atom. The SMILES string of the molecule is Cc1ccoc1C(=O)NC(C)c1cccc(N)c1. The molecular formula is C14H16N2O2. The molecule has 0 aliphatic heterocycles. The number of rotatable bonds is 3. The molecule has 0 saturated heterocycles. The lowest BCUT2D eigenvalue weighted by Crippen LogP contribution is -2.26. The second-order valence-electron chi connectivity index (χ2n) is 4.30. The average molecular weight is 244 g/mol. The van der Waals surface area contributed by atoms with Crippen LogP contribution in [0, 0.1) is 6.92 Å². The van der Waals surface area contributed by atoms with Gasteiger partial charge in [0.05, 0.1) is 12.3 Å². The average Bonchev–Trinajstić information content (AvgIpc) is 2.75. The van der Waals surface area contributed by atoms with Crippen LogP contribution >= 0.6 is 0 Å². The maximum atomic E-state index is 12.0. The quantitative estimate of drug-likeness (QED) is 0.815. The predicted octanol–water partition coefficient (Wildman–Crippen LogP) is 2.66. The van der Waals surface area contributed by atoms with Gasteiger partial charge < -0.3 is 15.5 Å². The summed E-state index contributed by atoms with van der Waals surface area (Å²) >= 11 is 0. The first-order chi connectivity index (χ1) is 8.58. The fraction of sp³-hybridized carbons (Fsp3) is 0.214. The second-order valence-corrected chi connectivity index (χ2v) is 4.30. The van der Waals surface area contributed by atoms with Crippen LogP contribution in [0.4, 0.5) is 5.69 Å². The Morgan fingerprint density at radius 1 is 1.39 bits per heavy atom. The van der Waals surface area contributed by atoms with Crippen LogP contribution in [0.5, 0.6) is 0 Å². The van der Waals surface area contributed by atoms with Crippen LogP contribution in [0.15, 0.2) is 41.0 Å². The first-order valence-electron chi connectivity index (χ1n) is 5.78. The number of hydrogen-bond acceptors (Lipinski definition) is 3. The summed E-state index contributed by atoms with van der Waals surface area (Å²) in [4.78, 5) is 12.0. The molecule has 1 aromatic carbocycles. The normalized spacial score (nSPS) is 12.1. The van der Waals surface area contributed by atoms with Gasteiger partial charge in [-0.25, -0.2) is 0 Å². The topological polar surface area (TPSA) is 68.3 Å². The molecule has 0 spiro atoms. The summed E-state index contributed by atoms with van der Waals surface area (Å²) in [5.74, 6) is 0.137. The molecule has 0 aliphatic rings. The highest BCUT2D eigenvalue weighted by Gasteiger charge is 2.15. The van der Waals surface area contributed by atoms with Crippen LogP contribution in [0.2, 0.25) is 0 Å². The van der Waals surface area contributed by atoms with E-state index in [2.05, 4.69) is 5.32 Å². The Bertz CT molecular complexity index is 560. The van der Waals surface area contributed by atoms with Gasteiger partial charge >= 0.3 is 0 Å². The Kier molecular flexibility index (Phi) is 3.37. The molecule has 4 heteroatoms. The molecule has 0 saturated carbocycles. The largest absolute Gasteiger partial charge is 0.459 e. The molecule has 1 heterocycles. The molecule has 1 atom stereocenters. The van der Waals surface area contributed by atoms with Crippen LogP contribution in [0.3, 0.4) is 0 Å². The van der Waals surface area contributed by atoms with Gasteiger partial charge in [0.15, 0.2) is 5.76 Å². The number of carbonyl (C=O) groups is 1. The summed E-state index contributed by atoms with van der Waals surface area (Å²) in [6.45, 7) is 3.74. The van der Waals surface area contributed by atoms with Gasteiger partial charge in [0.2, 0.25) is 0 Å². The van der Waals surface area contributed by atoms with Gasteiger partial charge in [-0.1, -0.05) is 12.1 Å². The lowest BCUT2D eigenvalue weighted by atomic mass is 10.1. The van der Waals surface area contributed by atoms with E-state index in [1.807, 2.05) is 38.1 Å². The van der Waals surface area contributed by atoms with Crippen LogP contribution in [-0.4, -0.2) is 5.91 Å². The first kappa shape index (κ1) is 12.2. The minimum Gasteiger partial charge on any atom is -0.459 e. The minimum absolute atomic E-state index is 0.120. The van der Waals surface area contributed by atoms with Gasteiger partial charge in [-0.05, 0) is 37.6 Å². The molecule has 0 fully saturated rings. The van der Waals surface area contributed by atoms with Crippen molar-refractivity contribution in [3.8, 4) is 0 Å². The highest BCUT2D eigenvalue weighted by Crippen LogP contribution is 2.17. The Hall–Kier alpha value is -2.23. The van der Waals surface area contributed by atoms with Crippen molar-refractivity contribution in [1.29, 1.82) is 0 Å². The number of carbonyl (C=O) groups excluding carboxylic acids is 1. The lowest BCUT2D eigenvalue weighted by Gasteiger charge is -2.14. The molecule has 4 nitrogen and oxygen atoms in total. The summed E-state index contributed by atoms with van der Waals surface area (Å²) in [7, 11) is 0. The van der Waals surface area contributed by atoms with Gasteiger partial charge in [0.1, 0.15) is 0 Å². The van der Waals surface area contributed by atoms with Crippen molar-refractivity contribution in [1.82, 2.24) is 5.32 Å². The van der Waals surface area contributed by atoms with Crippen molar-refractivity contribution in [2.24, 2.45) is 0 Å². The number of anilines is 1. The number of nitrogen functional groups attached to an aromatic ring is 1. The molecule has 18 heavy (non-hydrogen) atoms. The van der Waals surface area contributed by atoms with Gasteiger partial charge in [-0.2, -0.15) is 0 Å². The number of nitrogens with one attached hydrogen (secondary N) is 1. The zero-order chi connectivity index (χ0) is 13.1. The monoisotopic (exact) mass is 244 g/mol. The summed E-state index contributed by atoms with van der Waals surface area (Å²) in [5, 5.41) is 2.88. The van der Waals surface area contributed by atoms with Crippen LogP contribution < -0.4 is 11.1 Å². The van der Waals surface area contributed by atoms with Gasteiger partial charge in [0, 0.05) is 11.3 Å². The number of nitrogens with two attached hydrogens (primary N) is 1. The molecule has 3 N–H and O–H groups in total. The Balaban J connectivity index is 2.10. The number of furan rings is 1. The molecule has 1 amide bonds. The van der Waals surface area contributed by atoms with E-state index < -0.39 is 0 Å². The van der Waals surface area contributed by atoms with E-state index >= 15 is 0 Å². The predicted molar refractivity (Wildman–Crippen MR) is 70.2 cm³/mol. The molecular weight excluding hydrogens is 228 g/mol. The third-order valence-electron chi connectivity index (χ3n) is 2.83. The fourth-order valence-electron chi connectivity index (χ4n) is 1.78. The van der Waals surface area contributed by atoms with Crippen LogP contribution in [0.25, 0.3) is 0 Å². The van der Waals surface area contributed by atoms with Gasteiger partial charge in [-0.3, -0.25) is 4.79 Å². The zero-order valence-corrected chi connectivity index (χ0v) is 10.4. The highest BCUT2D eigenvalue weighted by molar-refractivity contribution is 5.93. The molecule has 0 aliphatic carbocycles. The van der Waals surface area contributed by atoms with Crippen molar-refractivity contribution in [2.45, 2.75) is 19.9 Å². The van der Waals surface area contributed by atoms with E-state index in [9.17, 15) is 4.79 Å². The van der Waals surface area contributed by atoms with Crippen molar-refractivity contribution < 1.29 is 9.21 Å². The summed E-state index contributed by atoms with van der Waals surface area (Å²) < 4.78 is 5.15. The fourth-order valence-corrected chi connectivity index (χ4v) is 1.78. The van der Waals surface area contributed by atoms with Crippen molar-refractivity contribution in [3.63, 3.8) is 0 Å². The lowest BCUT2D eigenvalue weighted by molar-refractivity contribution is 0.0911. The van der Waals surface area contributed by atoms with Crippen LogP contribution in [-0.2, 0) is 0 Å². The maximum Gasteiger partial charge on any atom is 0.287 e. The van der Waals surface area contributed by atoms with E-state index in [1.54, 1.807) is 6.07 Å². The van der Waals surface area contributed by atoms with Crippen molar-refractivity contribution in [2.75, 3.05) is 5.73 Å². The van der Waals surface area contributed by atoms with Crippen molar-refractivity contribution in [3.05, 3.63) is 53.5 Å². The summed E-state index contributed by atoms with van der Waals surface area (Å²) in [5.41, 5.74) is 8.19. The Labute approximate surface area is 106 Å². The number of benzene rings is 1. The molecule has 0 radical (unpaired) electrons. The smallest absolute Gasteiger partial charge is 0.287 e. The zero-order valence-electron chi connectivity index (χ0n) is 10.4. The molecule has 1 aromatic heterocycles. The molecule has 2 aromatic rings. The molecule has 0 bridgehead atoms. The van der Waals surface area contributed by atoms with E-state index in [1.165, 1.54) is 6.26 Å². The van der Waals surface area contributed by atoms with Crippen molar-refractivity contribution >= 4 is 11.6 Å². The maximum absolute atomic E-state index is 12.0. The van der Waals surface area contributed by atoms with E-state index in [4.69, 9.17) is 10.2 Å². The second kappa shape index (κ2) is 4.96. The number of amides is 1. The molecule has 1 unspecified atom stereocenters. The standard InChI is InChI=1S/C14H16N2O2/c1-9-6-7-18-13(9)14(17)16-10(2)11-4-3-5-12(15)8-11/h3-8,10H,15H2,1-2H3,(H,16,17). The van der Waals surface area contributed by atoms with Gasteiger partial charge in [0.25, 0.3) is 5.91 Å². The number of aryl methyl sites for hydroxylation is 1. The van der Waals surface area contributed by atoms with Crippen LogP contribution in [0.1, 0.15) is 34.6 Å². The van der Waals surface area contributed by atoms with E-state index in [0.29, 0.717) is 11.4 Å². The first-order valence-corrected chi connectivity index (χ1v) is 5.78. The van der Waals surface area contributed by atoms with Gasteiger partial charge in [-0.15, -0.1) is 0 Å². The van der Waals surface area contributed by atoms with E-state index in [0.717, 1.165) is 11.1 Å². The van der Waals surface area contributed by atoms with E-state index in [-0.39, 0.29) is 11.9 Å². The third-order valence-corrected chi connectivity index (χ3v) is 2.83. The molecule has 2 rings (SSSR count). The number of hydrogen-bond donors (Lipinski definition) is 2. The summed E-state index contributed by atoms with van der Waals surface area (Å²) in [6, 6.07) is 9.10.